The summed E-state index contributed by atoms with van der Waals surface area (Å²) in [7, 11) is 1.53. The molecule has 0 aliphatic heterocycles. The number of benzene rings is 2. The molecule has 0 aliphatic carbocycles. The number of hydrogen-bond donors (Lipinski definition) is 3. The molecule has 2 aromatic carbocycles. The van der Waals surface area contributed by atoms with Crippen molar-refractivity contribution >= 4 is 29.3 Å². The first-order valence-electron chi connectivity index (χ1n) is 8.62. The number of methoxy groups -OCH3 is 1. The molecule has 0 radical (unpaired) electrons. The van der Waals surface area contributed by atoms with E-state index in [0.717, 1.165) is 0 Å². The summed E-state index contributed by atoms with van der Waals surface area (Å²) in [5, 5.41) is 3.18. The van der Waals surface area contributed by atoms with Gasteiger partial charge in [0.15, 0.2) is 0 Å². The number of halogens is 1. The number of carbonyl (C=O) groups is 3. The second kappa shape index (κ2) is 9.75. The van der Waals surface area contributed by atoms with E-state index in [0.29, 0.717) is 21.9 Å². The SMILES string of the molecule is COc1ccc(C(=O)N[C@H](C(=O)NNC(=O)c2ccc(Cl)cc2)C(C)C)cc1. The lowest BCUT2D eigenvalue weighted by Crippen LogP contribution is -2.54. The standard InChI is InChI=1S/C20H22ClN3O4/c1-12(2)17(22-18(25)13-6-10-16(28-3)11-7-13)20(27)24-23-19(26)14-4-8-15(21)9-5-14/h4-12,17H,1-3H3,(H,22,25)(H,23,26)(H,24,27)/t17-/m0/s1. The van der Waals surface area contributed by atoms with Crippen LogP contribution in [0.25, 0.3) is 0 Å². The molecule has 3 amide bonds. The Hall–Kier alpha value is -3.06. The van der Waals surface area contributed by atoms with Gasteiger partial charge >= 0.3 is 0 Å². The minimum Gasteiger partial charge on any atom is -0.497 e. The molecule has 0 saturated carbocycles. The van der Waals surface area contributed by atoms with Crippen molar-refractivity contribution in [1.82, 2.24) is 16.2 Å². The van der Waals surface area contributed by atoms with Crippen molar-refractivity contribution in [3.05, 3.63) is 64.7 Å². The number of rotatable bonds is 6. The lowest BCUT2D eigenvalue weighted by Gasteiger charge is -2.22. The van der Waals surface area contributed by atoms with Gasteiger partial charge in [-0.25, -0.2) is 0 Å². The van der Waals surface area contributed by atoms with Crippen molar-refractivity contribution in [3.8, 4) is 5.75 Å². The smallest absolute Gasteiger partial charge is 0.269 e. The third-order valence-corrected chi connectivity index (χ3v) is 4.25. The van der Waals surface area contributed by atoms with Gasteiger partial charge in [-0.15, -0.1) is 0 Å². The number of hydrogen-bond acceptors (Lipinski definition) is 4. The number of ether oxygens (including phenoxy) is 1. The topological polar surface area (TPSA) is 96.5 Å². The highest BCUT2D eigenvalue weighted by atomic mass is 35.5. The first-order valence-corrected chi connectivity index (χ1v) is 9.00. The monoisotopic (exact) mass is 403 g/mol. The maximum atomic E-state index is 12.5. The Morgan fingerprint density at radius 1 is 0.857 bits per heavy atom. The summed E-state index contributed by atoms with van der Waals surface area (Å²) >= 11 is 5.79. The van der Waals surface area contributed by atoms with Crippen LogP contribution in [0.4, 0.5) is 0 Å². The normalized spacial score (nSPS) is 11.5. The van der Waals surface area contributed by atoms with E-state index < -0.39 is 23.8 Å². The molecule has 1 atom stereocenters. The summed E-state index contributed by atoms with van der Waals surface area (Å²) in [5.74, 6) is -0.997. The highest BCUT2D eigenvalue weighted by Gasteiger charge is 2.25. The van der Waals surface area contributed by atoms with Crippen LogP contribution in [0.15, 0.2) is 48.5 Å². The van der Waals surface area contributed by atoms with Gasteiger partial charge in [0.05, 0.1) is 7.11 Å². The molecule has 0 bridgehead atoms. The fourth-order valence-electron chi connectivity index (χ4n) is 2.37. The van der Waals surface area contributed by atoms with Crippen molar-refractivity contribution in [2.24, 2.45) is 5.92 Å². The maximum Gasteiger partial charge on any atom is 0.269 e. The Kier molecular flexibility index (Phi) is 7.40. The van der Waals surface area contributed by atoms with Crippen LogP contribution >= 0.6 is 11.6 Å². The first-order chi connectivity index (χ1) is 13.3. The van der Waals surface area contributed by atoms with Crippen molar-refractivity contribution in [3.63, 3.8) is 0 Å². The van der Waals surface area contributed by atoms with Gasteiger partial charge in [-0.2, -0.15) is 0 Å². The first kappa shape index (κ1) is 21.2. The molecule has 2 aromatic rings. The molecule has 3 N–H and O–H groups in total. The predicted molar refractivity (Wildman–Crippen MR) is 106 cm³/mol. The third kappa shape index (κ3) is 5.72. The fraction of sp³-hybridized carbons (Fsp3) is 0.250. The Morgan fingerprint density at radius 3 is 1.93 bits per heavy atom. The molecule has 0 aromatic heterocycles. The predicted octanol–water partition coefficient (Wildman–Crippen LogP) is 2.56. The van der Waals surface area contributed by atoms with Crippen molar-refractivity contribution < 1.29 is 19.1 Å². The number of amides is 3. The lowest BCUT2D eigenvalue weighted by molar-refractivity contribution is -0.124. The summed E-state index contributed by atoms with van der Waals surface area (Å²) in [6.45, 7) is 3.58. The van der Waals surface area contributed by atoms with E-state index in [9.17, 15) is 14.4 Å². The van der Waals surface area contributed by atoms with Crippen LogP contribution in [0, 0.1) is 5.92 Å². The van der Waals surface area contributed by atoms with Crippen molar-refractivity contribution in [1.29, 1.82) is 0 Å². The average Bonchev–Trinajstić information content (AvgIpc) is 2.70. The molecule has 8 heteroatoms. The van der Waals surface area contributed by atoms with Crippen molar-refractivity contribution in [2.75, 3.05) is 7.11 Å². The average molecular weight is 404 g/mol. The van der Waals surface area contributed by atoms with Gasteiger partial charge < -0.3 is 10.1 Å². The van der Waals surface area contributed by atoms with Gasteiger partial charge in [-0.3, -0.25) is 25.2 Å². The summed E-state index contributed by atoms with van der Waals surface area (Å²) in [5.41, 5.74) is 5.41. The number of carbonyl (C=O) groups excluding carboxylic acids is 3. The minimum atomic E-state index is -0.833. The van der Waals surface area contributed by atoms with Crippen LogP contribution in [-0.4, -0.2) is 30.9 Å². The zero-order valence-corrected chi connectivity index (χ0v) is 16.5. The molecule has 0 fully saturated rings. The second-order valence-electron chi connectivity index (χ2n) is 6.37. The van der Waals surface area contributed by atoms with E-state index in [4.69, 9.17) is 16.3 Å². The summed E-state index contributed by atoms with van der Waals surface area (Å²) in [6, 6.07) is 11.9. The Morgan fingerprint density at radius 2 is 1.39 bits per heavy atom. The Balaban J connectivity index is 1.97. The van der Waals surface area contributed by atoms with E-state index in [2.05, 4.69) is 16.2 Å². The fourth-order valence-corrected chi connectivity index (χ4v) is 2.50. The van der Waals surface area contributed by atoms with Gasteiger partial charge in [0.1, 0.15) is 11.8 Å². The molecule has 0 spiro atoms. The van der Waals surface area contributed by atoms with Gasteiger partial charge in [0.2, 0.25) is 0 Å². The number of nitrogens with one attached hydrogen (secondary N) is 3. The van der Waals surface area contributed by atoms with Crippen LogP contribution in [0.3, 0.4) is 0 Å². The zero-order valence-electron chi connectivity index (χ0n) is 15.8. The third-order valence-electron chi connectivity index (χ3n) is 3.99. The Bertz CT molecular complexity index is 836. The van der Waals surface area contributed by atoms with Crippen molar-refractivity contribution in [2.45, 2.75) is 19.9 Å². The van der Waals surface area contributed by atoms with Crippen LogP contribution in [0.1, 0.15) is 34.6 Å². The van der Waals surface area contributed by atoms with Crippen LogP contribution < -0.4 is 20.9 Å². The number of hydrazine groups is 1. The van der Waals surface area contributed by atoms with E-state index >= 15 is 0 Å². The molecule has 2 rings (SSSR count). The zero-order chi connectivity index (χ0) is 20.7. The highest BCUT2D eigenvalue weighted by molar-refractivity contribution is 6.30. The van der Waals surface area contributed by atoms with Crippen LogP contribution in [0.5, 0.6) is 5.75 Å². The summed E-state index contributed by atoms with van der Waals surface area (Å²) in [6.07, 6.45) is 0. The van der Waals surface area contributed by atoms with E-state index in [1.54, 1.807) is 50.2 Å². The quantitative estimate of drug-likeness (QED) is 0.646. The molecule has 0 heterocycles. The molecular weight excluding hydrogens is 382 g/mol. The minimum absolute atomic E-state index is 0.199. The second-order valence-corrected chi connectivity index (χ2v) is 6.81. The Labute approximate surface area is 168 Å². The molecule has 0 saturated heterocycles. The van der Waals surface area contributed by atoms with Gasteiger partial charge in [0, 0.05) is 16.1 Å². The highest BCUT2D eigenvalue weighted by Crippen LogP contribution is 2.12. The largest absolute Gasteiger partial charge is 0.497 e. The molecule has 0 aliphatic rings. The van der Waals surface area contributed by atoms with E-state index in [-0.39, 0.29) is 5.92 Å². The van der Waals surface area contributed by atoms with E-state index in [1.165, 1.54) is 19.2 Å². The molecule has 7 nitrogen and oxygen atoms in total. The van der Waals surface area contributed by atoms with Gasteiger partial charge in [-0.1, -0.05) is 25.4 Å². The summed E-state index contributed by atoms with van der Waals surface area (Å²) < 4.78 is 5.06. The molecule has 0 unspecified atom stereocenters. The lowest BCUT2D eigenvalue weighted by atomic mass is 10.0. The molecule has 148 valence electrons. The van der Waals surface area contributed by atoms with Gasteiger partial charge in [-0.05, 0) is 54.4 Å². The summed E-state index contributed by atoms with van der Waals surface area (Å²) in [4.78, 5) is 37.0. The molecule has 28 heavy (non-hydrogen) atoms. The van der Waals surface area contributed by atoms with Crippen LogP contribution in [-0.2, 0) is 4.79 Å². The maximum absolute atomic E-state index is 12.5. The van der Waals surface area contributed by atoms with E-state index in [1.807, 2.05) is 0 Å². The molecular formula is C20H22ClN3O4. The van der Waals surface area contributed by atoms with Gasteiger partial charge in [0.25, 0.3) is 17.7 Å². The van der Waals surface area contributed by atoms with Crippen LogP contribution in [0.2, 0.25) is 5.02 Å².